The van der Waals surface area contributed by atoms with Crippen LogP contribution in [0.15, 0.2) is 48.5 Å². The quantitative estimate of drug-likeness (QED) is 0.918. The van der Waals surface area contributed by atoms with Crippen molar-refractivity contribution in [2.75, 3.05) is 4.90 Å². The van der Waals surface area contributed by atoms with E-state index in [4.69, 9.17) is 5.73 Å². The van der Waals surface area contributed by atoms with Crippen molar-refractivity contribution in [1.82, 2.24) is 0 Å². The number of nitrogens with two attached hydrogens (primary N) is 1. The van der Waals surface area contributed by atoms with Crippen molar-refractivity contribution in [1.29, 1.82) is 0 Å². The third-order valence-electron chi connectivity index (χ3n) is 3.96. The van der Waals surface area contributed by atoms with Gasteiger partial charge in [-0.25, -0.2) is 0 Å². The Kier molecular flexibility index (Phi) is 3.79. The third-order valence-corrected chi connectivity index (χ3v) is 3.96. The zero-order chi connectivity index (χ0) is 17.5. The van der Waals surface area contributed by atoms with Gasteiger partial charge in [-0.05, 0) is 29.8 Å². The average Bonchev–Trinajstić information content (AvgIpc) is 2.93. The van der Waals surface area contributed by atoms with Gasteiger partial charge in [0, 0.05) is 17.7 Å². The lowest BCUT2D eigenvalue weighted by Crippen LogP contribution is -2.46. The van der Waals surface area contributed by atoms with Crippen LogP contribution < -0.4 is 10.6 Å². The number of halogens is 3. The molecule has 0 aliphatic carbocycles. The molecule has 0 aromatic heterocycles. The lowest BCUT2D eigenvalue weighted by Gasteiger charge is -2.23. The van der Waals surface area contributed by atoms with Gasteiger partial charge in [0.15, 0.2) is 0 Å². The third kappa shape index (κ3) is 2.73. The number of rotatable bonds is 2. The molecule has 2 amide bonds. The first-order valence-electron chi connectivity index (χ1n) is 7.17. The SMILES string of the molecule is NC(=O)C1Cc2ccccc2N1C(=O)c1cccc(C(F)(F)F)c1. The molecule has 124 valence electrons. The van der Waals surface area contributed by atoms with E-state index in [1.807, 2.05) is 0 Å². The molecular formula is C17H13F3N2O2. The Labute approximate surface area is 135 Å². The number of carbonyl (C=O) groups is 2. The normalized spacial score (nSPS) is 16.8. The van der Waals surface area contributed by atoms with Crippen LogP contribution in [0.25, 0.3) is 0 Å². The summed E-state index contributed by atoms with van der Waals surface area (Å²) in [6, 6.07) is 10.1. The van der Waals surface area contributed by atoms with E-state index in [1.54, 1.807) is 24.3 Å². The molecule has 0 bridgehead atoms. The lowest BCUT2D eigenvalue weighted by molar-refractivity contribution is -0.137. The number of alkyl halides is 3. The second-order valence-corrected chi connectivity index (χ2v) is 5.50. The lowest BCUT2D eigenvalue weighted by atomic mass is 10.1. The molecule has 24 heavy (non-hydrogen) atoms. The molecule has 0 saturated heterocycles. The Morgan fingerprint density at radius 1 is 1.08 bits per heavy atom. The largest absolute Gasteiger partial charge is 0.416 e. The highest BCUT2D eigenvalue weighted by atomic mass is 19.4. The monoisotopic (exact) mass is 334 g/mol. The summed E-state index contributed by atoms with van der Waals surface area (Å²) < 4.78 is 38.6. The van der Waals surface area contributed by atoms with Crippen LogP contribution in [0.5, 0.6) is 0 Å². The molecule has 4 nitrogen and oxygen atoms in total. The summed E-state index contributed by atoms with van der Waals surface area (Å²) >= 11 is 0. The molecule has 0 fully saturated rings. The van der Waals surface area contributed by atoms with Gasteiger partial charge in [0.25, 0.3) is 5.91 Å². The molecule has 2 N–H and O–H groups in total. The number of carbonyl (C=O) groups excluding carboxylic acids is 2. The fraction of sp³-hybridized carbons (Fsp3) is 0.176. The summed E-state index contributed by atoms with van der Waals surface area (Å²) in [4.78, 5) is 25.6. The first-order chi connectivity index (χ1) is 11.3. The Balaban J connectivity index is 2.04. The Hall–Kier alpha value is -2.83. The molecule has 0 saturated carbocycles. The first kappa shape index (κ1) is 16.0. The van der Waals surface area contributed by atoms with Crippen molar-refractivity contribution < 1.29 is 22.8 Å². The van der Waals surface area contributed by atoms with E-state index >= 15 is 0 Å². The number of hydrogen-bond acceptors (Lipinski definition) is 2. The molecule has 1 aliphatic heterocycles. The fourth-order valence-electron chi connectivity index (χ4n) is 2.83. The van der Waals surface area contributed by atoms with Crippen LogP contribution in [-0.2, 0) is 17.4 Å². The van der Waals surface area contributed by atoms with Crippen LogP contribution in [-0.4, -0.2) is 17.9 Å². The maximum atomic E-state index is 12.9. The van der Waals surface area contributed by atoms with Crippen LogP contribution in [0.4, 0.5) is 18.9 Å². The van der Waals surface area contributed by atoms with Crippen molar-refractivity contribution in [3.63, 3.8) is 0 Å². The molecule has 1 heterocycles. The number of nitrogens with zero attached hydrogens (tertiary/aromatic N) is 1. The second-order valence-electron chi connectivity index (χ2n) is 5.50. The Bertz CT molecular complexity index is 817. The first-order valence-corrected chi connectivity index (χ1v) is 7.17. The topological polar surface area (TPSA) is 63.4 Å². The highest BCUT2D eigenvalue weighted by Crippen LogP contribution is 2.34. The zero-order valence-electron chi connectivity index (χ0n) is 12.4. The highest BCUT2D eigenvalue weighted by molar-refractivity contribution is 6.11. The number of fused-ring (bicyclic) bond motifs is 1. The maximum absolute atomic E-state index is 12.9. The molecule has 7 heteroatoms. The van der Waals surface area contributed by atoms with Gasteiger partial charge in [-0.1, -0.05) is 24.3 Å². The molecular weight excluding hydrogens is 321 g/mol. The number of para-hydroxylation sites is 1. The van der Waals surface area contributed by atoms with E-state index in [2.05, 4.69) is 0 Å². The van der Waals surface area contributed by atoms with Gasteiger partial charge in [0.2, 0.25) is 5.91 Å². The van der Waals surface area contributed by atoms with Gasteiger partial charge in [-0.2, -0.15) is 13.2 Å². The molecule has 2 aromatic carbocycles. The molecule has 1 aliphatic rings. The molecule has 0 spiro atoms. The predicted molar refractivity (Wildman–Crippen MR) is 81.4 cm³/mol. The van der Waals surface area contributed by atoms with E-state index in [0.29, 0.717) is 5.69 Å². The van der Waals surface area contributed by atoms with Crippen LogP contribution >= 0.6 is 0 Å². The van der Waals surface area contributed by atoms with Crippen molar-refractivity contribution in [3.05, 3.63) is 65.2 Å². The van der Waals surface area contributed by atoms with E-state index in [-0.39, 0.29) is 12.0 Å². The molecule has 1 atom stereocenters. The molecule has 3 rings (SSSR count). The highest BCUT2D eigenvalue weighted by Gasteiger charge is 2.38. The van der Waals surface area contributed by atoms with E-state index in [1.165, 1.54) is 11.0 Å². The smallest absolute Gasteiger partial charge is 0.368 e. The van der Waals surface area contributed by atoms with Crippen LogP contribution in [0, 0.1) is 0 Å². The number of benzene rings is 2. The van der Waals surface area contributed by atoms with Gasteiger partial charge in [-0.15, -0.1) is 0 Å². The summed E-state index contributed by atoms with van der Waals surface area (Å²) in [5.41, 5.74) is 5.55. The number of anilines is 1. The minimum Gasteiger partial charge on any atom is -0.368 e. The second kappa shape index (κ2) is 5.67. The minimum absolute atomic E-state index is 0.146. The number of primary amides is 1. The summed E-state index contributed by atoms with van der Waals surface area (Å²) in [7, 11) is 0. The number of hydrogen-bond donors (Lipinski definition) is 1. The summed E-state index contributed by atoms with van der Waals surface area (Å²) in [5, 5.41) is 0. The standard InChI is InChI=1S/C17H13F3N2O2/c18-17(19,20)12-6-3-5-11(8-12)16(24)22-13-7-2-1-4-10(13)9-14(22)15(21)23/h1-8,14H,9H2,(H2,21,23). The summed E-state index contributed by atoms with van der Waals surface area (Å²) in [6.07, 6.45) is -4.31. The average molecular weight is 334 g/mol. The Morgan fingerprint density at radius 2 is 1.79 bits per heavy atom. The van der Waals surface area contributed by atoms with Gasteiger partial charge < -0.3 is 5.73 Å². The maximum Gasteiger partial charge on any atom is 0.416 e. The van der Waals surface area contributed by atoms with E-state index < -0.39 is 29.6 Å². The van der Waals surface area contributed by atoms with Gasteiger partial charge in [0.05, 0.1) is 5.56 Å². The van der Waals surface area contributed by atoms with Crippen molar-refractivity contribution in [3.8, 4) is 0 Å². The van der Waals surface area contributed by atoms with Crippen molar-refractivity contribution in [2.45, 2.75) is 18.6 Å². The summed E-state index contributed by atoms with van der Waals surface area (Å²) in [6.45, 7) is 0. The summed E-state index contributed by atoms with van der Waals surface area (Å²) in [5.74, 6) is -1.39. The van der Waals surface area contributed by atoms with Crippen molar-refractivity contribution >= 4 is 17.5 Å². The van der Waals surface area contributed by atoms with Gasteiger partial charge in [-0.3, -0.25) is 14.5 Å². The van der Waals surface area contributed by atoms with Crippen LogP contribution in [0.2, 0.25) is 0 Å². The molecule has 0 radical (unpaired) electrons. The van der Waals surface area contributed by atoms with Gasteiger partial charge >= 0.3 is 6.18 Å². The fourth-order valence-corrected chi connectivity index (χ4v) is 2.83. The van der Waals surface area contributed by atoms with Crippen LogP contribution in [0.1, 0.15) is 21.5 Å². The predicted octanol–water partition coefficient (Wildman–Crippen LogP) is 2.76. The van der Waals surface area contributed by atoms with Crippen LogP contribution in [0.3, 0.4) is 0 Å². The van der Waals surface area contributed by atoms with E-state index in [0.717, 1.165) is 23.8 Å². The number of amides is 2. The van der Waals surface area contributed by atoms with Crippen molar-refractivity contribution in [2.24, 2.45) is 5.73 Å². The van der Waals surface area contributed by atoms with E-state index in [9.17, 15) is 22.8 Å². The molecule has 1 unspecified atom stereocenters. The zero-order valence-corrected chi connectivity index (χ0v) is 12.4. The Morgan fingerprint density at radius 3 is 2.46 bits per heavy atom. The molecule has 2 aromatic rings. The minimum atomic E-state index is -4.55. The van der Waals surface area contributed by atoms with Gasteiger partial charge in [0.1, 0.15) is 6.04 Å².